The number of esters is 1. The number of carbonyl (C=O) groups excluding carboxylic acids is 3. The van der Waals surface area contributed by atoms with Crippen molar-refractivity contribution in [2.24, 2.45) is 5.92 Å². The van der Waals surface area contributed by atoms with Crippen LogP contribution >= 0.6 is 11.3 Å². The SMILES string of the molecule is CCOC(=O)Cc1csc(NC(=O)[C@H](CC(C)C)NC(=O)OC(C)(C)C)n1. The molecule has 1 atom stereocenters. The van der Waals surface area contributed by atoms with E-state index in [9.17, 15) is 14.4 Å². The number of nitrogens with zero attached hydrogens (tertiary/aromatic N) is 1. The monoisotopic (exact) mass is 399 g/mol. The van der Waals surface area contributed by atoms with E-state index in [0.29, 0.717) is 23.9 Å². The van der Waals surface area contributed by atoms with Crippen LogP contribution in [0.1, 0.15) is 53.7 Å². The zero-order valence-electron chi connectivity index (χ0n) is 16.8. The van der Waals surface area contributed by atoms with E-state index in [2.05, 4.69) is 15.6 Å². The van der Waals surface area contributed by atoms with Gasteiger partial charge in [-0.3, -0.25) is 9.59 Å². The molecule has 0 saturated carbocycles. The molecular formula is C18H29N3O5S. The Morgan fingerprint density at radius 3 is 2.48 bits per heavy atom. The van der Waals surface area contributed by atoms with E-state index in [0.717, 1.165) is 0 Å². The number of thiazole rings is 1. The maximum Gasteiger partial charge on any atom is 0.408 e. The fourth-order valence-corrected chi connectivity index (χ4v) is 2.86. The van der Waals surface area contributed by atoms with E-state index in [1.54, 1.807) is 33.1 Å². The van der Waals surface area contributed by atoms with Gasteiger partial charge in [-0.1, -0.05) is 13.8 Å². The van der Waals surface area contributed by atoms with Gasteiger partial charge in [0, 0.05) is 5.38 Å². The number of ether oxygens (including phenoxy) is 2. The minimum absolute atomic E-state index is 0.0474. The third-order valence-corrected chi connectivity index (χ3v) is 3.93. The van der Waals surface area contributed by atoms with Crippen molar-refractivity contribution in [3.05, 3.63) is 11.1 Å². The van der Waals surface area contributed by atoms with Crippen LogP contribution in [0.25, 0.3) is 0 Å². The first-order valence-electron chi connectivity index (χ1n) is 8.90. The maximum absolute atomic E-state index is 12.6. The summed E-state index contributed by atoms with van der Waals surface area (Å²) in [7, 11) is 0. The lowest BCUT2D eigenvalue weighted by atomic mass is 10.0. The number of anilines is 1. The number of rotatable bonds is 8. The number of hydrogen-bond acceptors (Lipinski definition) is 7. The Hall–Kier alpha value is -2.16. The number of amides is 2. The van der Waals surface area contributed by atoms with Gasteiger partial charge in [0.2, 0.25) is 5.91 Å². The van der Waals surface area contributed by atoms with Crippen molar-refractivity contribution in [3.8, 4) is 0 Å². The summed E-state index contributed by atoms with van der Waals surface area (Å²) in [5.74, 6) is -0.567. The summed E-state index contributed by atoms with van der Waals surface area (Å²) in [6, 6.07) is -0.753. The highest BCUT2D eigenvalue weighted by molar-refractivity contribution is 7.13. The molecule has 8 nitrogen and oxygen atoms in total. The normalized spacial score (nSPS) is 12.4. The average Bonchev–Trinajstić information content (AvgIpc) is 2.91. The van der Waals surface area contributed by atoms with E-state index in [-0.39, 0.29) is 24.2 Å². The van der Waals surface area contributed by atoms with Crippen LogP contribution in [0, 0.1) is 5.92 Å². The van der Waals surface area contributed by atoms with E-state index in [1.165, 1.54) is 11.3 Å². The van der Waals surface area contributed by atoms with Crippen molar-refractivity contribution in [1.29, 1.82) is 0 Å². The molecule has 0 unspecified atom stereocenters. The fourth-order valence-electron chi connectivity index (χ4n) is 2.15. The van der Waals surface area contributed by atoms with Crippen LogP contribution in [-0.2, 0) is 25.5 Å². The molecule has 0 radical (unpaired) electrons. The highest BCUT2D eigenvalue weighted by Gasteiger charge is 2.26. The molecule has 0 bridgehead atoms. The molecule has 0 aliphatic carbocycles. The van der Waals surface area contributed by atoms with Crippen LogP contribution in [0.15, 0.2) is 5.38 Å². The molecule has 1 aromatic rings. The molecule has 152 valence electrons. The Morgan fingerprint density at radius 1 is 1.26 bits per heavy atom. The standard InChI is InChI=1S/C18H29N3O5S/c1-7-25-14(22)9-12-10-27-16(19-12)21-15(23)13(8-11(2)3)20-17(24)26-18(4,5)6/h10-11,13H,7-9H2,1-6H3,(H,20,24)(H,19,21,23)/t13-/m0/s1. The van der Waals surface area contributed by atoms with Crippen molar-refractivity contribution in [2.75, 3.05) is 11.9 Å². The zero-order valence-corrected chi connectivity index (χ0v) is 17.6. The van der Waals surface area contributed by atoms with Crippen molar-refractivity contribution in [3.63, 3.8) is 0 Å². The van der Waals surface area contributed by atoms with Gasteiger partial charge >= 0.3 is 12.1 Å². The quantitative estimate of drug-likeness (QED) is 0.651. The highest BCUT2D eigenvalue weighted by Crippen LogP contribution is 2.17. The van der Waals surface area contributed by atoms with E-state index in [1.807, 2.05) is 13.8 Å². The van der Waals surface area contributed by atoms with Crippen LogP contribution in [0.5, 0.6) is 0 Å². The predicted molar refractivity (Wildman–Crippen MR) is 104 cm³/mol. The molecule has 2 N–H and O–H groups in total. The third-order valence-electron chi connectivity index (χ3n) is 3.13. The molecule has 1 rings (SSSR count). The van der Waals surface area contributed by atoms with Gasteiger partial charge in [0.1, 0.15) is 11.6 Å². The third kappa shape index (κ3) is 9.37. The van der Waals surface area contributed by atoms with Crippen molar-refractivity contribution >= 4 is 34.4 Å². The molecule has 1 heterocycles. The summed E-state index contributed by atoms with van der Waals surface area (Å²) in [5.41, 5.74) is -0.130. The van der Waals surface area contributed by atoms with E-state index in [4.69, 9.17) is 9.47 Å². The van der Waals surface area contributed by atoms with Crippen LogP contribution in [0.3, 0.4) is 0 Å². The zero-order chi connectivity index (χ0) is 20.6. The first kappa shape index (κ1) is 22.9. The molecule has 0 aliphatic heterocycles. The molecule has 0 fully saturated rings. The molecule has 2 amide bonds. The second-order valence-corrected chi connectivity index (χ2v) is 8.30. The summed E-state index contributed by atoms with van der Waals surface area (Å²) in [5, 5.41) is 7.34. The number of hydrogen-bond donors (Lipinski definition) is 2. The van der Waals surface area contributed by atoms with E-state index >= 15 is 0 Å². The van der Waals surface area contributed by atoms with Gasteiger partial charge < -0.3 is 20.1 Å². The Morgan fingerprint density at radius 2 is 1.93 bits per heavy atom. The van der Waals surface area contributed by atoms with Gasteiger partial charge in [0.25, 0.3) is 0 Å². The lowest BCUT2D eigenvalue weighted by molar-refractivity contribution is -0.142. The summed E-state index contributed by atoms with van der Waals surface area (Å²) < 4.78 is 10.1. The topological polar surface area (TPSA) is 107 Å². The van der Waals surface area contributed by atoms with Crippen LogP contribution in [0.2, 0.25) is 0 Å². The van der Waals surface area contributed by atoms with Crippen molar-refractivity contribution < 1.29 is 23.9 Å². The maximum atomic E-state index is 12.6. The molecule has 0 aromatic carbocycles. The second kappa shape index (κ2) is 10.2. The number of nitrogens with one attached hydrogen (secondary N) is 2. The van der Waals surface area contributed by atoms with Crippen LogP contribution in [0.4, 0.5) is 9.93 Å². The molecule has 1 aromatic heterocycles. The first-order chi connectivity index (χ1) is 12.5. The Bertz CT molecular complexity index is 652. The molecule has 0 saturated heterocycles. The Labute approximate surface area is 164 Å². The van der Waals surface area contributed by atoms with Crippen molar-refractivity contribution in [1.82, 2.24) is 10.3 Å². The first-order valence-corrected chi connectivity index (χ1v) is 9.78. The lowest BCUT2D eigenvalue weighted by Crippen LogP contribution is -2.46. The summed E-state index contributed by atoms with van der Waals surface area (Å²) in [4.78, 5) is 40.3. The van der Waals surface area contributed by atoms with Crippen LogP contribution < -0.4 is 10.6 Å². The largest absolute Gasteiger partial charge is 0.466 e. The molecule has 0 spiro atoms. The Kier molecular flexibility index (Phi) is 8.68. The van der Waals surface area contributed by atoms with Gasteiger partial charge in [-0.15, -0.1) is 11.3 Å². The van der Waals surface area contributed by atoms with Gasteiger partial charge in [-0.25, -0.2) is 9.78 Å². The van der Waals surface area contributed by atoms with Crippen molar-refractivity contribution in [2.45, 2.75) is 66.0 Å². The smallest absolute Gasteiger partial charge is 0.408 e. The second-order valence-electron chi connectivity index (χ2n) is 7.44. The van der Waals surface area contributed by atoms with Gasteiger partial charge in [-0.2, -0.15) is 0 Å². The predicted octanol–water partition coefficient (Wildman–Crippen LogP) is 3.13. The summed E-state index contributed by atoms with van der Waals surface area (Å²) in [6.07, 6.45) is -0.150. The number of carbonyl (C=O) groups is 3. The average molecular weight is 400 g/mol. The summed E-state index contributed by atoms with van der Waals surface area (Å²) in [6.45, 7) is 11.2. The minimum Gasteiger partial charge on any atom is -0.466 e. The summed E-state index contributed by atoms with van der Waals surface area (Å²) >= 11 is 1.21. The number of aromatic nitrogens is 1. The van der Waals surface area contributed by atoms with Gasteiger partial charge in [0.15, 0.2) is 5.13 Å². The minimum atomic E-state index is -0.753. The van der Waals surface area contributed by atoms with E-state index < -0.39 is 17.7 Å². The number of alkyl carbamates (subject to hydrolysis) is 1. The molecular weight excluding hydrogens is 370 g/mol. The molecule has 27 heavy (non-hydrogen) atoms. The fraction of sp³-hybridized carbons (Fsp3) is 0.667. The molecule has 9 heteroatoms. The molecule has 0 aliphatic rings. The van der Waals surface area contributed by atoms with Crippen LogP contribution in [-0.4, -0.2) is 41.2 Å². The lowest BCUT2D eigenvalue weighted by Gasteiger charge is -2.23. The Balaban J connectivity index is 2.72. The highest BCUT2D eigenvalue weighted by atomic mass is 32.1. The van der Waals surface area contributed by atoms with Gasteiger partial charge in [0.05, 0.1) is 18.7 Å². The van der Waals surface area contributed by atoms with Gasteiger partial charge in [-0.05, 0) is 40.0 Å².